The Hall–Kier alpha value is -0.870. The van der Waals surface area contributed by atoms with Crippen molar-refractivity contribution in [2.24, 2.45) is 5.41 Å². The lowest BCUT2D eigenvalue weighted by atomic mass is 9.82. The van der Waals surface area contributed by atoms with Gasteiger partial charge in [-0.3, -0.25) is 4.79 Å². The van der Waals surface area contributed by atoms with Gasteiger partial charge in [0.25, 0.3) is 5.91 Å². The Morgan fingerprint density at radius 2 is 2.14 bits per heavy atom. The third-order valence-corrected chi connectivity index (χ3v) is 5.46. The molecule has 5 heteroatoms. The van der Waals surface area contributed by atoms with Crippen LogP contribution in [0, 0.1) is 5.41 Å². The van der Waals surface area contributed by atoms with Crippen LogP contribution in [0.25, 0.3) is 0 Å². The van der Waals surface area contributed by atoms with Gasteiger partial charge in [0.2, 0.25) is 0 Å². The van der Waals surface area contributed by atoms with E-state index < -0.39 is 0 Å². The molecular weight excluding hydrogens is 304 g/mol. The summed E-state index contributed by atoms with van der Waals surface area (Å²) in [7, 11) is 3.51. The van der Waals surface area contributed by atoms with Gasteiger partial charge in [0.1, 0.15) is 0 Å². The van der Waals surface area contributed by atoms with Crippen LogP contribution in [0.1, 0.15) is 30.6 Å². The quantitative estimate of drug-likeness (QED) is 0.911. The maximum Gasteiger partial charge on any atom is 0.253 e. The number of hydrogen-bond donors (Lipinski definition) is 1. The summed E-state index contributed by atoms with van der Waals surface area (Å²) in [6.45, 7) is 4.57. The summed E-state index contributed by atoms with van der Waals surface area (Å²) in [5.41, 5.74) is 1.74. The third kappa shape index (κ3) is 3.86. The van der Waals surface area contributed by atoms with E-state index in [-0.39, 0.29) is 11.3 Å². The molecule has 0 aromatic heterocycles. The molecule has 1 unspecified atom stereocenters. The third-order valence-electron chi connectivity index (χ3n) is 4.07. The topological polar surface area (TPSA) is 32.3 Å². The van der Waals surface area contributed by atoms with Crippen molar-refractivity contribution in [3.63, 3.8) is 0 Å². The van der Waals surface area contributed by atoms with Gasteiger partial charge in [0, 0.05) is 31.5 Å². The number of benzene rings is 1. The van der Waals surface area contributed by atoms with Crippen LogP contribution >= 0.6 is 23.4 Å². The molecule has 1 aromatic carbocycles. The minimum absolute atomic E-state index is 0.00741. The van der Waals surface area contributed by atoms with E-state index in [1.54, 1.807) is 31.1 Å². The molecule has 116 valence electrons. The molecule has 0 bridgehead atoms. The molecule has 2 rings (SSSR count). The van der Waals surface area contributed by atoms with Crippen molar-refractivity contribution in [1.82, 2.24) is 4.90 Å². The highest BCUT2D eigenvalue weighted by Crippen LogP contribution is 2.37. The summed E-state index contributed by atoms with van der Waals surface area (Å²) in [5, 5.41) is 4.21. The van der Waals surface area contributed by atoms with Crippen molar-refractivity contribution in [2.45, 2.75) is 26.3 Å². The average molecular weight is 327 g/mol. The number of nitrogens with zero attached hydrogens (tertiary/aromatic N) is 1. The molecule has 3 nitrogen and oxygen atoms in total. The Morgan fingerprint density at radius 3 is 2.76 bits per heavy atom. The number of halogens is 1. The lowest BCUT2D eigenvalue weighted by Crippen LogP contribution is -2.41. The summed E-state index contributed by atoms with van der Waals surface area (Å²) in [6, 6.07) is 5.79. The van der Waals surface area contributed by atoms with E-state index in [2.05, 4.69) is 19.2 Å². The first-order valence-corrected chi connectivity index (χ1v) is 8.70. The predicted molar refractivity (Wildman–Crippen MR) is 92.6 cm³/mol. The van der Waals surface area contributed by atoms with Crippen LogP contribution in [-0.2, 0) is 0 Å². The zero-order valence-electron chi connectivity index (χ0n) is 13.1. The van der Waals surface area contributed by atoms with Crippen molar-refractivity contribution < 1.29 is 4.79 Å². The van der Waals surface area contributed by atoms with Crippen LogP contribution < -0.4 is 5.32 Å². The van der Waals surface area contributed by atoms with Crippen LogP contribution in [0.4, 0.5) is 5.69 Å². The summed E-state index contributed by atoms with van der Waals surface area (Å²) in [5.74, 6) is 2.26. The Bertz CT molecular complexity index is 531. The zero-order valence-corrected chi connectivity index (χ0v) is 14.6. The van der Waals surface area contributed by atoms with Crippen molar-refractivity contribution in [1.29, 1.82) is 0 Å². The second kappa shape index (κ2) is 6.49. The molecule has 1 saturated heterocycles. The number of nitrogens with one attached hydrogen (secondary N) is 1. The molecule has 1 aromatic rings. The Balaban J connectivity index is 2.23. The van der Waals surface area contributed by atoms with E-state index in [4.69, 9.17) is 11.6 Å². The monoisotopic (exact) mass is 326 g/mol. The van der Waals surface area contributed by atoms with Gasteiger partial charge < -0.3 is 10.2 Å². The largest absolute Gasteiger partial charge is 0.380 e. The Kier molecular flexibility index (Phi) is 5.10. The molecule has 0 saturated carbocycles. The molecule has 0 radical (unpaired) electrons. The second-order valence-electron chi connectivity index (χ2n) is 6.40. The fourth-order valence-electron chi connectivity index (χ4n) is 2.39. The molecule has 1 atom stereocenters. The van der Waals surface area contributed by atoms with Gasteiger partial charge in [-0.15, -0.1) is 0 Å². The second-order valence-corrected chi connectivity index (χ2v) is 7.96. The van der Waals surface area contributed by atoms with Gasteiger partial charge in [0.15, 0.2) is 0 Å². The summed E-state index contributed by atoms with van der Waals surface area (Å²) < 4.78 is 0. The number of thioether (sulfide) groups is 1. The lowest BCUT2D eigenvalue weighted by molar-refractivity contribution is 0.0827. The van der Waals surface area contributed by atoms with E-state index in [0.717, 1.165) is 11.4 Å². The maximum absolute atomic E-state index is 12.1. The van der Waals surface area contributed by atoms with Gasteiger partial charge >= 0.3 is 0 Å². The Morgan fingerprint density at radius 1 is 1.43 bits per heavy atom. The SMILES string of the molecule is CN(C)C(=O)c1ccc(Cl)c(NC2CSCCC2(C)C)c1. The fraction of sp³-hybridized carbons (Fsp3) is 0.562. The molecule has 0 aliphatic carbocycles. The van der Waals surface area contributed by atoms with Crippen LogP contribution in [-0.4, -0.2) is 42.4 Å². The summed E-state index contributed by atoms with van der Waals surface area (Å²) >= 11 is 8.26. The Labute approximate surface area is 136 Å². The van der Waals surface area contributed by atoms with E-state index >= 15 is 0 Å². The number of rotatable bonds is 3. The molecular formula is C16H23ClN2OS. The van der Waals surface area contributed by atoms with E-state index in [0.29, 0.717) is 16.6 Å². The first-order valence-electron chi connectivity index (χ1n) is 7.17. The van der Waals surface area contributed by atoms with E-state index in [1.165, 1.54) is 12.2 Å². The standard InChI is InChI=1S/C16H23ClN2OS/c1-16(2)7-8-21-10-14(16)18-13-9-11(5-6-12(13)17)15(20)19(3)4/h5-6,9,14,18H,7-8,10H2,1-4H3. The minimum Gasteiger partial charge on any atom is -0.380 e. The van der Waals surface area contributed by atoms with Crippen molar-refractivity contribution in [2.75, 3.05) is 30.9 Å². The molecule has 1 heterocycles. The van der Waals surface area contributed by atoms with Crippen LogP contribution in [0.3, 0.4) is 0 Å². The number of carbonyl (C=O) groups excluding carboxylic acids is 1. The number of amides is 1. The fourth-order valence-corrected chi connectivity index (χ4v) is 4.17. The normalized spacial score (nSPS) is 20.9. The van der Waals surface area contributed by atoms with Gasteiger partial charge in [-0.2, -0.15) is 11.8 Å². The molecule has 1 fully saturated rings. The van der Waals surface area contributed by atoms with Crippen molar-refractivity contribution in [3.8, 4) is 0 Å². The van der Waals surface area contributed by atoms with E-state index in [1.807, 2.05) is 17.8 Å². The number of hydrogen-bond acceptors (Lipinski definition) is 3. The number of carbonyl (C=O) groups is 1. The van der Waals surface area contributed by atoms with Crippen molar-refractivity contribution >= 4 is 35.0 Å². The summed E-state index contributed by atoms with van der Waals surface area (Å²) in [4.78, 5) is 13.7. The predicted octanol–water partition coefficient (Wildman–Crippen LogP) is 3.99. The molecule has 1 N–H and O–H groups in total. The molecule has 1 aliphatic heterocycles. The minimum atomic E-state index is -0.00741. The molecule has 1 amide bonds. The van der Waals surface area contributed by atoms with Crippen molar-refractivity contribution in [3.05, 3.63) is 28.8 Å². The van der Waals surface area contributed by atoms with Gasteiger partial charge in [-0.05, 0) is 35.8 Å². The first kappa shape index (κ1) is 16.5. The van der Waals surface area contributed by atoms with Gasteiger partial charge in [0.05, 0.1) is 10.7 Å². The maximum atomic E-state index is 12.1. The van der Waals surface area contributed by atoms with E-state index in [9.17, 15) is 4.79 Å². The smallest absolute Gasteiger partial charge is 0.253 e. The average Bonchev–Trinajstić information content (AvgIpc) is 2.42. The van der Waals surface area contributed by atoms with Crippen LogP contribution in [0.2, 0.25) is 5.02 Å². The highest BCUT2D eigenvalue weighted by Gasteiger charge is 2.32. The summed E-state index contributed by atoms with van der Waals surface area (Å²) in [6.07, 6.45) is 1.18. The zero-order chi connectivity index (χ0) is 15.6. The highest BCUT2D eigenvalue weighted by atomic mass is 35.5. The molecule has 0 spiro atoms. The first-order chi connectivity index (χ1) is 9.81. The molecule has 1 aliphatic rings. The lowest BCUT2D eigenvalue weighted by Gasteiger charge is -2.39. The van der Waals surface area contributed by atoms with Gasteiger partial charge in [-0.1, -0.05) is 25.4 Å². The molecule has 21 heavy (non-hydrogen) atoms. The highest BCUT2D eigenvalue weighted by molar-refractivity contribution is 7.99. The van der Waals surface area contributed by atoms with Crippen LogP contribution in [0.5, 0.6) is 0 Å². The number of anilines is 1. The van der Waals surface area contributed by atoms with Crippen LogP contribution in [0.15, 0.2) is 18.2 Å². The van der Waals surface area contributed by atoms with Gasteiger partial charge in [-0.25, -0.2) is 0 Å².